The fraction of sp³-hybridized carbons (Fsp3) is 0.333. The van der Waals surface area contributed by atoms with Gasteiger partial charge in [-0.15, -0.1) is 11.3 Å². The van der Waals surface area contributed by atoms with Crippen LogP contribution in [0.5, 0.6) is 0 Å². The summed E-state index contributed by atoms with van der Waals surface area (Å²) in [6.45, 7) is 4.86. The summed E-state index contributed by atoms with van der Waals surface area (Å²) < 4.78 is 16.2. The Balaban J connectivity index is 1.49. The summed E-state index contributed by atoms with van der Waals surface area (Å²) in [6, 6.07) is 1.09. The molecule has 1 aliphatic heterocycles. The molecule has 4 heterocycles. The molecule has 2 N–H and O–H groups in total. The number of nitrogens with one attached hydrogen (secondary N) is 1. The van der Waals surface area contributed by atoms with Crippen molar-refractivity contribution < 1.29 is 19.1 Å². The third-order valence-electron chi connectivity index (χ3n) is 4.77. The van der Waals surface area contributed by atoms with Gasteiger partial charge in [-0.05, 0) is 13.8 Å². The summed E-state index contributed by atoms with van der Waals surface area (Å²) in [6.07, 6.45) is 3.98. The van der Waals surface area contributed by atoms with Crippen LogP contribution < -0.4 is 10.2 Å². The molecular formula is C18H19FN6O3S. The van der Waals surface area contributed by atoms with E-state index in [9.17, 15) is 19.1 Å². The zero-order valence-corrected chi connectivity index (χ0v) is 16.6. The van der Waals surface area contributed by atoms with Crippen LogP contribution in [0.25, 0.3) is 5.65 Å². The number of carbonyl (C=O) groups is 2. The predicted octanol–water partition coefficient (Wildman–Crippen LogP) is 2.68. The van der Waals surface area contributed by atoms with Gasteiger partial charge in [0, 0.05) is 37.9 Å². The molecule has 11 heteroatoms. The maximum Gasteiger partial charge on any atom is 0.407 e. The van der Waals surface area contributed by atoms with Crippen LogP contribution in [0.15, 0.2) is 24.7 Å². The molecule has 1 fully saturated rings. The van der Waals surface area contributed by atoms with E-state index in [-0.39, 0.29) is 16.7 Å². The zero-order valence-electron chi connectivity index (χ0n) is 15.8. The number of piperazine rings is 1. The number of hydrogen-bond acceptors (Lipinski definition) is 6. The highest BCUT2D eigenvalue weighted by Gasteiger charge is 2.29. The molecule has 3 aromatic rings. The summed E-state index contributed by atoms with van der Waals surface area (Å²) in [5, 5.41) is 12.4. The normalized spacial score (nSPS) is 17.0. The first-order valence-corrected chi connectivity index (χ1v) is 9.80. The third kappa shape index (κ3) is 3.73. The van der Waals surface area contributed by atoms with Crippen LogP contribution in [0.2, 0.25) is 0 Å². The molecule has 0 bridgehead atoms. The second-order valence-electron chi connectivity index (χ2n) is 6.91. The van der Waals surface area contributed by atoms with Gasteiger partial charge < -0.3 is 24.6 Å². The van der Waals surface area contributed by atoms with Crippen LogP contribution in [-0.2, 0) is 0 Å². The van der Waals surface area contributed by atoms with Crippen molar-refractivity contribution in [3.05, 3.63) is 41.0 Å². The van der Waals surface area contributed by atoms with Crippen LogP contribution in [-0.4, -0.2) is 62.1 Å². The van der Waals surface area contributed by atoms with Crippen molar-refractivity contribution in [2.45, 2.75) is 19.9 Å². The molecule has 1 saturated heterocycles. The van der Waals surface area contributed by atoms with E-state index in [4.69, 9.17) is 0 Å². The molecule has 0 spiro atoms. The first-order chi connectivity index (χ1) is 13.8. The number of rotatable bonds is 3. The average Bonchev–Trinajstić information content (AvgIpc) is 3.22. The number of aryl methyl sites for hydroxylation is 1. The number of carboxylic acid groups (broad SMARTS) is 1. The van der Waals surface area contributed by atoms with E-state index in [1.54, 1.807) is 23.7 Å². The van der Waals surface area contributed by atoms with Crippen LogP contribution >= 0.6 is 11.3 Å². The van der Waals surface area contributed by atoms with E-state index in [1.807, 2.05) is 11.8 Å². The molecule has 0 radical (unpaired) electrons. The van der Waals surface area contributed by atoms with Crippen LogP contribution in [0.4, 0.5) is 20.0 Å². The number of hydrogen-bond donors (Lipinski definition) is 2. The average molecular weight is 418 g/mol. The molecule has 0 aliphatic carbocycles. The van der Waals surface area contributed by atoms with Crippen molar-refractivity contribution in [3.8, 4) is 0 Å². The summed E-state index contributed by atoms with van der Waals surface area (Å²) in [5.41, 5.74) is 1.47. The maximum absolute atomic E-state index is 14.5. The van der Waals surface area contributed by atoms with Gasteiger partial charge in [0.05, 0.1) is 23.1 Å². The highest BCUT2D eigenvalue weighted by Crippen LogP contribution is 2.31. The monoisotopic (exact) mass is 418 g/mol. The lowest BCUT2D eigenvalue weighted by molar-refractivity contribution is 0.102. The van der Waals surface area contributed by atoms with E-state index in [0.29, 0.717) is 30.3 Å². The summed E-state index contributed by atoms with van der Waals surface area (Å²) in [4.78, 5) is 35.4. The van der Waals surface area contributed by atoms with Crippen LogP contribution in [0, 0.1) is 12.7 Å². The van der Waals surface area contributed by atoms with Gasteiger partial charge in [0.2, 0.25) is 0 Å². The van der Waals surface area contributed by atoms with Gasteiger partial charge in [0.25, 0.3) is 5.91 Å². The SMILES string of the molecule is Cc1cn2cc(NC(=O)c3sc(N4CCN(C(=O)O)C(C)C4)cc3F)ncc2n1. The molecule has 0 saturated carbocycles. The van der Waals surface area contributed by atoms with Crippen molar-refractivity contribution in [3.63, 3.8) is 0 Å². The summed E-state index contributed by atoms with van der Waals surface area (Å²) >= 11 is 1.04. The first kappa shape index (κ1) is 19.1. The predicted molar refractivity (Wildman–Crippen MR) is 106 cm³/mol. The van der Waals surface area contributed by atoms with E-state index < -0.39 is 17.8 Å². The van der Waals surface area contributed by atoms with Gasteiger partial charge in [-0.3, -0.25) is 4.79 Å². The van der Waals surface area contributed by atoms with Gasteiger partial charge >= 0.3 is 6.09 Å². The fourth-order valence-corrected chi connectivity index (χ4v) is 4.34. The van der Waals surface area contributed by atoms with Crippen molar-refractivity contribution in [1.82, 2.24) is 19.3 Å². The number of amides is 2. The molecule has 3 aromatic heterocycles. The fourth-order valence-electron chi connectivity index (χ4n) is 3.37. The molecule has 0 aromatic carbocycles. The molecule has 1 atom stereocenters. The minimum Gasteiger partial charge on any atom is -0.465 e. The zero-order chi connectivity index (χ0) is 20.7. The number of fused-ring (bicyclic) bond motifs is 1. The Morgan fingerprint density at radius 3 is 2.86 bits per heavy atom. The molecule has 29 heavy (non-hydrogen) atoms. The number of nitrogens with zero attached hydrogens (tertiary/aromatic N) is 5. The van der Waals surface area contributed by atoms with Crippen LogP contribution in [0.3, 0.4) is 0 Å². The van der Waals surface area contributed by atoms with Gasteiger partial charge in [0.1, 0.15) is 16.5 Å². The Morgan fingerprint density at radius 1 is 1.34 bits per heavy atom. The van der Waals surface area contributed by atoms with Crippen molar-refractivity contribution in [2.75, 3.05) is 29.9 Å². The Kier molecular flexibility index (Phi) is 4.82. The molecule has 1 unspecified atom stereocenters. The topological polar surface area (TPSA) is 103 Å². The molecular weight excluding hydrogens is 399 g/mol. The summed E-state index contributed by atoms with van der Waals surface area (Å²) in [7, 11) is 0. The number of carbonyl (C=O) groups excluding carboxylic acids is 1. The Bertz CT molecular complexity index is 1100. The first-order valence-electron chi connectivity index (χ1n) is 8.98. The van der Waals surface area contributed by atoms with Crippen LogP contribution in [0.1, 0.15) is 22.3 Å². The molecule has 4 rings (SSSR count). The smallest absolute Gasteiger partial charge is 0.407 e. The highest BCUT2D eigenvalue weighted by atomic mass is 32.1. The number of halogens is 1. The Hall–Kier alpha value is -3.21. The van der Waals surface area contributed by atoms with Gasteiger partial charge in [-0.25, -0.2) is 19.2 Å². The van der Waals surface area contributed by atoms with E-state index in [0.717, 1.165) is 17.0 Å². The highest BCUT2D eigenvalue weighted by molar-refractivity contribution is 7.18. The standard InChI is InChI=1S/C18H19FN6O3S/c1-10-7-24-9-13(20-6-14(24)21-10)22-17(26)16-12(19)5-15(29-16)23-3-4-25(18(27)28)11(2)8-23/h5-7,9,11H,3-4,8H2,1-2H3,(H,22,26)(H,27,28). The molecule has 2 amide bonds. The lowest BCUT2D eigenvalue weighted by atomic mass is 10.2. The second kappa shape index (κ2) is 7.32. The van der Waals surface area contributed by atoms with Crippen molar-refractivity contribution in [1.29, 1.82) is 0 Å². The van der Waals surface area contributed by atoms with Gasteiger partial charge in [0.15, 0.2) is 5.65 Å². The minimum absolute atomic E-state index is 0.0444. The molecule has 1 aliphatic rings. The molecule has 152 valence electrons. The van der Waals surface area contributed by atoms with E-state index in [2.05, 4.69) is 15.3 Å². The van der Waals surface area contributed by atoms with Crippen molar-refractivity contribution in [2.24, 2.45) is 0 Å². The number of imidazole rings is 1. The largest absolute Gasteiger partial charge is 0.465 e. The number of aromatic nitrogens is 3. The number of anilines is 2. The Labute approximate surface area is 169 Å². The van der Waals surface area contributed by atoms with Gasteiger partial charge in [-0.1, -0.05) is 0 Å². The lowest BCUT2D eigenvalue weighted by Crippen LogP contribution is -2.53. The third-order valence-corrected chi connectivity index (χ3v) is 5.94. The maximum atomic E-state index is 14.5. The summed E-state index contributed by atoms with van der Waals surface area (Å²) in [5.74, 6) is -0.909. The van der Waals surface area contributed by atoms with Gasteiger partial charge in [-0.2, -0.15) is 0 Å². The lowest BCUT2D eigenvalue weighted by Gasteiger charge is -2.38. The Morgan fingerprint density at radius 2 is 2.14 bits per heavy atom. The minimum atomic E-state index is -0.966. The number of thiophene rings is 1. The second-order valence-corrected chi connectivity index (χ2v) is 7.94. The van der Waals surface area contributed by atoms with E-state index in [1.165, 1.54) is 17.2 Å². The molecule has 9 nitrogen and oxygen atoms in total. The quantitative estimate of drug-likeness (QED) is 0.678. The van der Waals surface area contributed by atoms with Crippen molar-refractivity contribution >= 4 is 39.8 Å². The van der Waals surface area contributed by atoms with E-state index >= 15 is 0 Å².